The largest absolute Gasteiger partial charge is 0.319 e. The molecule has 3 heterocycles. The van der Waals surface area contributed by atoms with Crippen molar-refractivity contribution in [1.82, 2.24) is 14.4 Å². The van der Waals surface area contributed by atoms with Crippen molar-refractivity contribution in [3.8, 4) is 0 Å². The maximum Gasteiger partial charge on any atom is 0.275 e. The van der Waals surface area contributed by atoms with E-state index in [4.69, 9.17) is 0 Å². The van der Waals surface area contributed by atoms with Crippen LogP contribution >= 0.6 is 11.3 Å². The molecule has 1 amide bonds. The number of rotatable bonds is 2. The van der Waals surface area contributed by atoms with Crippen molar-refractivity contribution in [3.63, 3.8) is 0 Å². The summed E-state index contributed by atoms with van der Waals surface area (Å²) in [4.78, 5) is 21.7. The first-order chi connectivity index (χ1) is 10.3. The summed E-state index contributed by atoms with van der Waals surface area (Å²) in [5.41, 5.74) is 1.86. The topological polar surface area (TPSA) is 59.3 Å². The number of imidazole rings is 1. The van der Waals surface area contributed by atoms with Crippen molar-refractivity contribution in [2.75, 3.05) is 5.32 Å². The summed E-state index contributed by atoms with van der Waals surface area (Å²) >= 11 is 1.49. The van der Waals surface area contributed by atoms with Crippen LogP contribution in [0.5, 0.6) is 0 Å². The summed E-state index contributed by atoms with van der Waals surface area (Å²) in [6.07, 6.45) is 5.31. The van der Waals surface area contributed by atoms with Crippen molar-refractivity contribution in [3.05, 3.63) is 60.0 Å². The smallest absolute Gasteiger partial charge is 0.275 e. The number of carbonyl (C=O) groups excluding carboxylic acids is 1. The van der Waals surface area contributed by atoms with Gasteiger partial charge in [0.05, 0.1) is 11.2 Å². The molecular weight excluding hydrogens is 284 g/mol. The molecule has 6 heteroatoms. The Morgan fingerprint density at radius 2 is 2.14 bits per heavy atom. The molecule has 0 unspecified atom stereocenters. The third-order valence-electron chi connectivity index (χ3n) is 3.21. The van der Waals surface area contributed by atoms with Gasteiger partial charge in [-0.2, -0.15) is 0 Å². The quantitative estimate of drug-likeness (QED) is 0.617. The van der Waals surface area contributed by atoms with Crippen LogP contribution in [0.4, 0.5) is 5.69 Å². The third-order valence-corrected chi connectivity index (χ3v) is 3.98. The van der Waals surface area contributed by atoms with E-state index in [0.29, 0.717) is 11.4 Å². The molecule has 0 saturated heterocycles. The molecule has 0 aliphatic heterocycles. The van der Waals surface area contributed by atoms with E-state index in [1.165, 1.54) is 11.3 Å². The second-order valence-corrected chi connectivity index (χ2v) is 5.43. The molecule has 1 N–H and O–H groups in total. The molecular formula is C15H10N4OS. The molecule has 0 aliphatic rings. The Kier molecular flexibility index (Phi) is 2.68. The fourth-order valence-corrected chi connectivity index (χ4v) is 2.93. The van der Waals surface area contributed by atoms with Crippen molar-refractivity contribution in [2.45, 2.75) is 0 Å². The molecule has 102 valence electrons. The number of pyridine rings is 1. The van der Waals surface area contributed by atoms with Crippen molar-refractivity contribution >= 4 is 38.8 Å². The SMILES string of the molecule is O=C(Nc1cccc2cccnc12)c1cn2ccsc2n1. The molecule has 0 fully saturated rings. The summed E-state index contributed by atoms with van der Waals surface area (Å²) in [6, 6.07) is 9.53. The second-order valence-electron chi connectivity index (χ2n) is 4.55. The minimum absolute atomic E-state index is 0.232. The van der Waals surface area contributed by atoms with Gasteiger partial charge in [-0.1, -0.05) is 18.2 Å². The predicted molar refractivity (Wildman–Crippen MR) is 82.8 cm³/mol. The number of amides is 1. The van der Waals surface area contributed by atoms with Crippen LogP contribution in [0, 0.1) is 0 Å². The van der Waals surface area contributed by atoms with E-state index < -0.39 is 0 Å². The Hall–Kier alpha value is -2.73. The van der Waals surface area contributed by atoms with Gasteiger partial charge in [-0.05, 0) is 12.1 Å². The van der Waals surface area contributed by atoms with Gasteiger partial charge in [0.15, 0.2) is 4.96 Å². The van der Waals surface area contributed by atoms with Crippen LogP contribution in [0.2, 0.25) is 0 Å². The molecule has 0 aliphatic carbocycles. The second kappa shape index (κ2) is 4.68. The highest BCUT2D eigenvalue weighted by molar-refractivity contribution is 7.15. The third kappa shape index (κ3) is 2.05. The van der Waals surface area contributed by atoms with E-state index in [0.717, 1.165) is 15.9 Å². The number of thiazole rings is 1. The minimum atomic E-state index is -0.232. The highest BCUT2D eigenvalue weighted by Crippen LogP contribution is 2.21. The number of nitrogens with zero attached hydrogens (tertiary/aromatic N) is 3. The van der Waals surface area contributed by atoms with Crippen LogP contribution < -0.4 is 5.32 Å². The summed E-state index contributed by atoms with van der Waals surface area (Å²) in [6.45, 7) is 0. The van der Waals surface area contributed by atoms with Crippen LogP contribution in [0.15, 0.2) is 54.3 Å². The highest BCUT2D eigenvalue weighted by Gasteiger charge is 2.13. The Morgan fingerprint density at radius 1 is 1.24 bits per heavy atom. The van der Waals surface area contributed by atoms with Gasteiger partial charge in [0.25, 0.3) is 5.91 Å². The average Bonchev–Trinajstić information content (AvgIpc) is 3.09. The number of nitrogens with one attached hydrogen (secondary N) is 1. The summed E-state index contributed by atoms with van der Waals surface area (Å²) in [5, 5.41) is 5.80. The first-order valence-corrected chi connectivity index (χ1v) is 7.26. The van der Waals surface area contributed by atoms with Crippen LogP contribution in [0.3, 0.4) is 0 Å². The van der Waals surface area contributed by atoms with E-state index in [-0.39, 0.29) is 5.91 Å². The van der Waals surface area contributed by atoms with Gasteiger partial charge >= 0.3 is 0 Å². The number of fused-ring (bicyclic) bond motifs is 2. The first-order valence-electron chi connectivity index (χ1n) is 6.38. The Morgan fingerprint density at radius 3 is 3.05 bits per heavy atom. The number of benzene rings is 1. The number of anilines is 1. The first kappa shape index (κ1) is 12.0. The lowest BCUT2D eigenvalue weighted by Crippen LogP contribution is -2.12. The Labute approximate surface area is 123 Å². The van der Waals surface area contributed by atoms with Gasteiger partial charge in [-0.3, -0.25) is 14.2 Å². The molecule has 0 saturated carbocycles. The summed E-state index contributed by atoms with van der Waals surface area (Å²) in [5.74, 6) is -0.232. The summed E-state index contributed by atoms with van der Waals surface area (Å²) < 4.78 is 1.83. The van der Waals surface area contributed by atoms with E-state index in [9.17, 15) is 4.79 Å². The zero-order valence-corrected chi connectivity index (χ0v) is 11.7. The van der Waals surface area contributed by atoms with E-state index in [1.54, 1.807) is 12.4 Å². The van der Waals surface area contributed by atoms with Gasteiger partial charge < -0.3 is 5.32 Å². The Bertz CT molecular complexity index is 923. The zero-order chi connectivity index (χ0) is 14.2. The highest BCUT2D eigenvalue weighted by atomic mass is 32.1. The lowest BCUT2D eigenvalue weighted by molar-refractivity contribution is 0.102. The molecule has 1 aromatic carbocycles. The standard InChI is InChI=1S/C15H10N4OS/c20-14(12-9-19-7-8-21-15(19)18-12)17-11-5-1-3-10-4-2-6-16-13(10)11/h1-9H,(H,17,20). The average molecular weight is 294 g/mol. The molecule has 0 bridgehead atoms. The maximum atomic E-state index is 12.3. The fourth-order valence-electron chi connectivity index (χ4n) is 2.23. The Balaban J connectivity index is 1.71. The maximum absolute atomic E-state index is 12.3. The van der Waals surface area contributed by atoms with Crippen LogP contribution in [-0.4, -0.2) is 20.3 Å². The van der Waals surface area contributed by atoms with Gasteiger partial charge in [0.2, 0.25) is 0 Å². The fraction of sp³-hybridized carbons (Fsp3) is 0. The van der Waals surface area contributed by atoms with E-state index in [2.05, 4.69) is 15.3 Å². The zero-order valence-electron chi connectivity index (χ0n) is 10.9. The van der Waals surface area contributed by atoms with Gasteiger partial charge in [0, 0.05) is 29.4 Å². The number of para-hydroxylation sites is 1. The lowest BCUT2D eigenvalue weighted by Gasteiger charge is -2.06. The molecule has 0 spiro atoms. The van der Waals surface area contributed by atoms with Crippen LogP contribution in [0.1, 0.15) is 10.5 Å². The summed E-state index contributed by atoms with van der Waals surface area (Å²) in [7, 11) is 0. The molecule has 4 rings (SSSR count). The molecule has 4 aromatic rings. The molecule has 5 nitrogen and oxygen atoms in total. The van der Waals surface area contributed by atoms with Crippen molar-refractivity contribution < 1.29 is 4.79 Å². The van der Waals surface area contributed by atoms with Crippen molar-refractivity contribution in [1.29, 1.82) is 0 Å². The number of aromatic nitrogens is 3. The number of carbonyl (C=O) groups is 1. The van der Waals surface area contributed by atoms with Crippen LogP contribution in [0.25, 0.3) is 15.9 Å². The molecule has 0 radical (unpaired) electrons. The van der Waals surface area contributed by atoms with Gasteiger partial charge in [0.1, 0.15) is 5.69 Å². The minimum Gasteiger partial charge on any atom is -0.319 e. The molecule has 0 atom stereocenters. The van der Waals surface area contributed by atoms with Gasteiger partial charge in [-0.15, -0.1) is 11.3 Å². The van der Waals surface area contributed by atoms with E-state index in [1.807, 2.05) is 46.3 Å². The van der Waals surface area contributed by atoms with Gasteiger partial charge in [-0.25, -0.2) is 4.98 Å². The molecule has 3 aromatic heterocycles. The predicted octanol–water partition coefficient (Wildman–Crippen LogP) is 3.20. The monoisotopic (exact) mass is 294 g/mol. The van der Waals surface area contributed by atoms with E-state index >= 15 is 0 Å². The molecule has 21 heavy (non-hydrogen) atoms. The normalized spacial score (nSPS) is 11.0. The number of hydrogen-bond donors (Lipinski definition) is 1. The van der Waals surface area contributed by atoms with Crippen LogP contribution in [-0.2, 0) is 0 Å². The van der Waals surface area contributed by atoms with Crippen molar-refractivity contribution in [2.24, 2.45) is 0 Å². The number of hydrogen-bond acceptors (Lipinski definition) is 4. The lowest BCUT2D eigenvalue weighted by atomic mass is 10.2.